The van der Waals surface area contributed by atoms with Crippen LogP contribution in [0.15, 0.2) is 42.5 Å². The second-order valence-electron chi connectivity index (χ2n) is 7.58. The Balaban J connectivity index is 0.00000240. The summed E-state index contributed by atoms with van der Waals surface area (Å²) >= 11 is 0. The molecule has 1 aliphatic heterocycles. The van der Waals surface area contributed by atoms with Gasteiger partial charge in [-0.05, 0) is 56.0 Å². The third-order valence-electron chi connectivity index (χ3n) is 4.99. The third kappa shape index (κ3) is 5.98. The molecule has 8 heteroatoms. The number of nitrogens with one attached hydrogen (secondary N) is 1. The Labute approximate surface area is 194 Å². The molecule has 1 aliphatic rings. The average molecular weight is 417 g/mol. The van der Waals surface area contributed by atoms with Crippen molar-refractivity contribution in [2.24, 2.45) is 0 Å². The van der Waals surface area contributed by atoms with E-state index in [1.807, 2.05) is 43.5 Å². The van der Waals surface area contributed by atoms with Crippen LogP contribution in [0.2, 0.25) is 0 Å². The molecule has 0 spiro atoms. The van der Waals surface area contributed by atoms with Gasteiger partial charge in [0.05, 0.1) is 18.4 Å². The predicted octanol–water partition coefficient (Wildman–Crippen LogP) is 0.959. The quantitative estimate of drug-likeness (QED) is 0.589. The molecule has 160 valence electrons. The first-order chi connectivity index (χ1) is 13.8. The van der Waals surface area contributed by atoms with Crippen LogP contribution >= 0.6 is 0 Å². The van der Waals surface area contributed by atoms with Gasteiger partial charge in [0.25, 0.3) is 0 Å². The second-order valence-corrected chi connectivity index (χ2v) is 7.58. The minimum atomic E-state index is -0.476. The van der Waals surface area contributed by atoms with Crippen LogP contribution in [0, 0.1) is 0 Å². The summed E-state index contributed by atoms with van der Waals surface area (Å²) in [5.41, 5.74) is 4.00. The number of ether oxygens (including phenoxy) is 1. The smallest absolute Gasteiger partial charge is 0.870 e. The van der Waals surface area contributed by atoms with Gasteiger partial charge < -0.3 is 25.2 Å². The van der Waals surface area contributed by atoms with E-state index in [1.165, 1.54) is 0 Å². The summed E-state index contributed by atoms with van der Waals surface area (Å²) in [4.78, 5) is 37.0. The Morgan fingerprint density at radius 2 is 1.74 bits per heavy atom. The van der Waals surface area contributed by atoms with Crippen LogP contribution in [0.5, 0.6) is 0 Å². The molecular weight excluding hydrogens is 391 g/mol. The maximum absolute atomic E-state index is 12.2. The van der Waals surface area contributed by atoms with Gasteiger partial charge in [0, 0.05) is 18.7 Å². The van der Waals surface area contributed by atoms with Crippen molar-refractivity contribution in [2.75, 3.05) is 4.90 Å². The van der Waals surface area contributed by atoms with E-state index >= 15 is 0 Å². The SMILES string of the molecule is CC(=O)N1c2ccc(-c3ccc([C-]=O)cc3)cc2[C@H](NC(=O)OC(C)C)C[C@@H]1C.[Li+].[OH-]. The Bertz CT molecular complexity index is 930. The third-order valence-corrected chi connectivity index (χ3v) is 4.99. The number of hydrogen-bond donors (Lipinski definition) is 1. The number of carbonyl (C=O) groups is 2. The molecule has 2 aromatic carbocycles. The van der Waals surface area contributed by atoms with Crippen LogP contribution in [-0.4, -0.2) is 35.9 Å². The molecule has 0 unspecified atom stereocenters. The minimum Gasteiger partial charge on any atom is -0.870 e. The summed E-state index contributed by atoms with van der Waals surface area (Å²) in [5, 5.41) is 2.94. The predicted molar refractivity (Wildman–Crippen MR) is 113 cm³/mol. The van der Waals surface area contributed by atoms with Crippen LogP contribution in [0.1, 0.15) is 51.3 Å². The van der Waals surface area contributed by atoms with E-state index in [-0.39, 0.29) is 48.4 Å². The largest absolute Gasteiger partial charge is 1.00 e. The maximum Gasteiger partial charge on any atom is 1.00 e. The Kier molecular flexibility index (Phi) is 9.51. The summed E-state index contributed by atoms with van der Waals surface area (Å²) in [6.45, 7) is 7.11. The molecule has 7 nitrogen and oxygen atoms in total. The number of benzene rings is 2. The normalized spacial score (nSPS) is 17.0. The molecule has 0 fully saturated rings. The van der Waals surface area contributed by atoms with Crippen LogP contribution in [-0.2, 0) is 14.3 Å². The molecule has 2 aromatic rings. The van der Waals surface area contributed by atoms with E-state index in [0.29, 0.717) is 12.0 Å². The fraction of sp³-hybridized carbons (Fsp3) is 0.348. The topological polar surface area (TPSA) is 106 Å². The molecule has 3 rings (SSSR count). The zero-order chi connectivity index (χ0) is 21.1. The van der Waals surface area contributed by atoms with Crippen molar-refractivity contribution in [3.05, 3.63) is 53.6 Å². The standard InChI is InChI=1S/C23H25N2O4.Li.H2O/c1-14(2)29-23(28)24-21-11-15(3)25(16(4)27)22-10-9-19(12-20(21)22)18-7-5-17(13-26)6-8-18;;/h5-10,12,14-15,21H,11H2,1-4H3,(H,24,28);;1H2/q-1;+1;/p-1/t15-,21+;;/m0../s1. The number of alkyl carbamates (subject to hydrolysis) is 1. The van der Waals surface area contributed by atoms with Gasteiger partial charge in [-0.2, -0.15) is 17.7 Å². The van der Waals surface area contributed by atoms with Gasteiger partial charge in [-0.15, -0.1) is 12.1 Å². The Morgan fingerprint density at radius 1 is 1.13 bits per heavy atom. The van der Waals surface area contributed by atoms with Crippen LogP contribution in [0.25, 0.3) is 11.1 Å². The Hall–Kier alpha value is -2.59. The van der Waals surface area contributed by atoms with Crippen LogP contribution < -0.4 is 29.1 Å². The summed E-state index contributed by atoms with van der Waals surface area (Å²) in [6, 6.07) is 12.6. The molecule has 2 amide bonds. The number of rotatable bonds is 4. The van der Waals surface area contributed by atoms with E-state index in [2.05, 4.69) is 5.32 Å². The molecule has 0 saturated carbocycles. The van der Waals surface area contributed by atoms with Crippen LogP contribution in [0.4, 0.5) is 10.5 Å². The number of hydrogen-bond acceptors (Lipinski definition) is 5. The molecule has 0 bridgehead atoms. The number of fused-ring (bicyclic) bond motifs is 1. The number of amides is 2. The van der Waals surface area contributed by atoms with Gasteiger partial charge in [-0.3, -0.25) is 4.79 Å². The zero-order valence-electron chi connectivity index (χ0n) is 18.5. The number of anilines is 1. The van der Waals surface area contributed by atoms with Gasteiger partial charge in [0.1, 0.15) is 0 Å². The molecule has 0 radical (unpaired) electrons. The van der Waals surface area contributed by atoms with Crippen molar-refractivity contribution in [2.45, 2.75) is 52.3 Å². The first-order valence-electron chi connectivity index (χ1n) is 9.69. The van der Waals surface area contributed by atoms with Gasteiger partial charge in [-0.25, -0.2) is 4.79 Å². The van der Waals surface area contributed by atoms with E-state index in [4.69, 9.17) is 4.74 Å². The van der Waals surface area contributed by atoms with Gasteiger partial charge in [0.2, 0.25) is 5.91 Å². The molecular formula is C23H26LiN2O5-. The van der Waals surface area contributed by atoms with Crippen molar-refractivity contribution < 1.29 is 43.5 Å². The molecule has 0 aromatic heterocycles. The average Bonchev–Trinajstić information content (AvgIpc) is 2.67. The van der Waals surface area contributed by atoms with Crippen molar-refractivity contribution in [1.29, 1.82) is 0 Å². The monoisotopic (exact) mass is 417 g/mol. The molecule has 0 aliphatic carbocycles. The first-order valence-corrected chi connectivity index (χ1v) is 9.69. The molecule has 31 heavy (non-hydrogen) atoms. The summed E-state index contributed by atoms with van der Waals surface area (Å²) in [7, 11) is 0. The van der Waals surface area contributed by atoms with E-state index in [0.717, 1.165) is 22.4 Å². The van der Waals surface area contributed by atoms with E-state index in [1.54, 1.807) is 37.8 Å². The second kappa shape index (κ2) is 11.1. The molecule has 0 saturated heterocycles. The summed E-state index contributed by atoms with van der Waals surface area (Å²) < 4.78 is 5.25. The zero-order valence-corrected chi connectivity index (χ0v) is 18.5. The Morgan fingerprint density at radius 3 is 2.29 bits per heavy atom. The summed E-state index contributed by atoms with van der Waals surface area (Å²) in [6.07, 6.45) is 1.76. The molecule has 2 N–H and O–H groups in total. The fourth-order valence-corrected chi connectivity index (χ4v) is 3.78. The van der Waals surface area contributed by atoms with Gasteiger partial charge in [-0.1, -0.05) is 6.07 Å². The summed E-state index contributed by atoms with van der Waals surface area (Å²) in [5.74, 6) is -0.0411. The van der Waals surface area contributed by atoms with Gasteiger partial charge >= 0.3 is 25.0 Å². The minimum absolute atomic E-state index is 0. The molecule has 1 heterocycles. The molecule has 2 atom stereocenters. The van der Waals surface area contributed by atoms with Gasteiger partial charge in [0.15, 0.2) is 0 Å². The maximum atomic E-state index is 12.2. The van der Waals surface area contributed by atoms with Crippen molar-refractivity contribution in [3.8, 4) is 11.1 Å². The number of carbonyl (C=O) groups excluding carboxylic acids is 3. The number of nitrogens with zero attached hydrogens (tertiary/aromatic N) is 1. The van der Waals surface area contributed by atoms with Crippen molar-refractivity contribution >= 4 is 24.0 Å². The fourth-order valence-electron chi connectivity index (χ4n) is 3.78. The van der Waals surface area contributed by atoms with Crippen molar-refractivity contribution in [1.82, 2.24) is 5.32 Å². The van der Waals surface area contributed by atoms with Crippen molar-refractivity contribution in [3.63, 3.8) is 0 Å². The van der Waals surface area contributed by atoms with E-state index < -0.39 is 6.09 Å². The van der Waals surface area contributed by atoms with E-state index in [9.17, 15) is 14.4 Å². The first kappa shape index (κ1) is 26.4. The van der Waals surface area contributed by atoms with Crippen LogP contribution in [0.3, 0.4) is 0 Å².